The number of hydrogen-bond donors (Lipinski definition) is 2. The third-order valence-electron chi connectivity index (χ3n) is 4.87. The molecular formula is C18H21F2N3O4. The van der Waals surface area contributed by atoms with Crippen molar-refractivity contribution in [2.45, 2.75) is 50.7 Å². The van der Waals surface area contributed by atoms with Gasteiger partial charge in [-0.25, -0.2) is 4.79 Å². The molecule has 0 atom stereocenters. The summed E-state index contributed by atoms with van der Waals surface area (Å²) in [4.78, 5) is 37.8. The molecule has 0 radical (unpaired) electrons. The zero-order chi connectivity index (χ0) is 19.4. The number of nitrogens with one attached hydrogen (secondary N) is 2. The molecule has 0 bridgehead atoms. The van der Waals surface area contributed by atoms with Gasteiger partial charge in [-0.3, -0.25) is 14.5 Å². The number of para-hydroxylation sites is 2. The van der Waals surface area contributed by atoms with Gasteiger partial charge in [0.2, 0.25) is 5.91 Å². The average Bonchev–Trinajstić information content (AvgIpc) is 3.17. The van der Waals surface area contributed by atoms with Crippen LogP contribution in [0.15, 0.2) is 24.3 Å². The van der Waals surface area contributed by atoms with Crippen LogP contribution >= 0.6 is 0 Å². The third kappa shape index (κ3) is 4.17. The first kappa shape index (κ1) is 19.1. The maximum absolute atomic E-state index is 12.5. The van der Waals surface area contributed by atoms with Gasteiger partial charge in [-0.2, -0.15) is 8.78 Å². The maximum atomic E-state index is 12.5. The van der Waals surface area contributed by atoms with Gasteiger partial charge in [0, 0.05) is 13.0 Å². The van der Waals surface area contributed by atoms with E-state index in [2.05, 4.69) is 15.4 Å². The quantitative estimate of drug-likeness (QED) is 0.711. The number of imide groups is 1. The standard InChI is InChI=1S/C18H21F2N3O4/c19-16(20)27-13-7-2-1-6-12(13)21-14(24)8-5-11-23-15(25)18(22-17(23)26)9-3-4-10-18/h1-2,6-7,16H,3-5,8-11H2,(H,21,24)(H,22,26). The Bertz CT molecular complexity index is 735. The molecule has 9 heteroatoms. The van der Waals surface area contributed by atoms with E-state index in [0.717, 1.165) is 17.7 Å². The Morgan fingerprint density at radius 1 is 1.26 bits per heavy atom. The van der Waals surface area contributed by atoms with Crippen molar-refractivity contribution < 1.29 is 27.9 Å². The van der Waals surface area contributed by atoms with E-state index in [0.29, 0.717) is 12.8 Å². The van der Waals surface area contributed by atoms with Gasteiger partial charge in [0.25, 0.3) is 5.91 Å². The molecule has 0 aromatic heterocycles. The molecule has 1 aromatic rings. The summed E-state index contributed by atoms with van der Waals surface area (Å²) in [5.41, 5.74) is -0.618. The molecule has 1 aliphatic carbocycles. The highest BCUT2D eigenvalue weighted by molar-refractivity contribution is 6.07. The summed E-state index contributed by atoms with van der Waals surface area (Å²) in [6.07, 6.45) is 3.42. The first-order valence-electron chi connectivity index (χ1n) is 8.89. The van der Waals surface area contributed by atoms with Gasteiger partial charge in [0.15, 0.2) is 0 Å². The fourth-order valence-corrected chi connectivity index (χ4v) is 3.58. The highest BCUT2D eigenvalue weighted by atomic mass is 19.3. The lowest BCUT2D eigenvalue weighted by molar-refractivity contribution is -0.131. The molecular weight excluding hydrogens is 360 g/mol. The van der Waals surface area contributed by atoms with Crippen LogP contribution in [0.3, 0.4) is 0 Å². The van der Waals surface area contributed by atoms with Crippen LogP contribution in [0.5, 0.6) is 5.75 Å². The molecule has 2 fully saturated rings. The molecule has 3 rings (SSSR count). The molecule has 1 aromatic carbocycles. The predicted octanol–water partition coefficient (Wildman–Crippen LogP) is 2.87. The minimum atomic E-state index is -2.99. The van der Waals surface area contributed by atoms with Crippen molar-refractivity contribution in [1.82, 2.24) is 10.2 Å². The van der Waals surface area contributed by atoms with Crippen molar-refractivity contribution in [2.75, 3.05) is 11.9 Å². The molecule has 1 saturated heterocycles. The van der Waals surface area contributed by atoms with Gasteiger partial charge in [-0.1, -0.05) is 25.0 Å². The van der Waals surface area contributed by atoms with E-state index in [-0.39, 0.29) is 36.7 Å². The first-order valence-corrected chi connectivity index (χ1v) is 8.89. The molecule has 27 heavy (non-hydrogen) atoms. The van der Waals surface area contributed by atoms with Crippen molar-refractivity contribution in [3.8, 4) is 5.75 Å². The number of carbonyl (C=O) groups is 3. The number of alkyl halides is 2. The van der Waals surface area contributed by atoms with Crippen molar-refractivity contribution in [3.63, 3.8) is 0 Å². The third-order valence-corrected chi connectivity index (χ3v) is 4.87. The van der Waals surface area contributed by atoms with Crippen LogP contribution < -0.4 is 15.4 Å². The lowest BCUT2D eigenvalue weighted by Crippen LogP contribution is -2.44. The Hall–Kier alpha value is -2.71. The molecule has 2 aliphatic rings. The molecule has 1 heterocycles. The van der Waals surface area contributed by atoms with Crippen LogP contribution in [0.25, 0.3) is 0 Å². The number of hydrogen-bond acceptors (Lipinski definition) is 4. The lowest BCUT2D eigenvalue weighted by atomic mass is 9.98. The van der Waals surface area contributed by atoms with E-state index in [9.17, 15) is 23.2 Å². The van der Waals surface area contributed by atoms with Crippen LogP contribution in [-0.2, 0) is 9.59 Å². The van der Waals surface area contributed by atoms with E-state index in [1.807, 2.05) is 0 Å². The summed E-state index contributed by atoms with van der Waals surface area (Å²) in [5, 5.41) is 5.29. The Balaban J connectivity index is 1.50. The number of nitrogens with zero attached hydrogens (tertiary/aromatic N) is 1. The number of amides is 4. The summed E-state index contributed by atoms with van der Waals surface area (Å²) >= 11 is 0. The van der Waals surface area contributed by atoms with Gasteiger partial charge in [-0.05, 0) is 31.4 Å². The van der Waals surface area contributed by atoms with Crippen molar-refractivity contribution in [2.24, 2.45) is 0 Å². The largest absolute Gasteiger partial charge is 0.433 e. The topological polar surface area (TPSA) is 87.7 Å². The van der Waals surface area contributed by atoms with Crippen molar-refractivity contribution in [1.29, 1.82) is 0 Å². The van der Waals surface area contributed by atoms with E-state index < -0.39 is 24.1 Å². The summed E-state index contributed by atoms with van der Waals surface area (Å²) in [6, 6.07) is 5.47. The van der Waals surface area contributed by atoms with Gasteiger partial charge < -0.3 is 15.4 Å². The van der Waals surface area contributed by atoms with Gasteiger partial charge in [-0.15, -0.1) is 0 Å². The number of halogens is 2. The van der Waals surface area contributed by atoms with E-state index in [4.69, 9.17) is 0 Å². The average molecular weight is 381 g/mol. The summed E-state index contributed by atoms with van der Waals surface area (Å²) in [5.74, 6) is -0.762. The van der Waals surface area contributed by atoms with Gasteiger partial charge in [0.1, 0.15) is 11.3 Å². The molecule has 7 nitrogen and oxygen atoms in total. The van der Waals surface area contributed by atoms with Crippen molar-refractivity contribution in [3.05, 3.63) is 24.3 Å². The second-order valence-corrected chi connectivity index (χ2v) is 6.70. The van der Waals surface area contributed by atoms with Crippen LogP contribution in [0, 0.1) is 0 Å². The molecule has 1 saturated carbocycles. The Kier molecular flexibility index (Phi) is 5.57. The molecule has 1 spiro atoms. The molecule has 146 valence electrons. The normalized spacial score (nSPS) is 18.3. The van der Waals surface area contributed by atoms with E-state index in [1.54, 1.807) is 6.07 Å². The molecule has 2 N–H and O–H groups in total. The maximum Gasteiger partial charge on any atom is 0.387 e. The summed E-state index contributed by atoms with van der Waals surface area (Å²) < 4.78 is 29.2. The Morgan fingerprint density at radius 3 is 2.67 bits per heavy atom. The number of urea groups is 1. The minimum absolute atomic E-state index is 0.0348. The van der Waals surface area contributed by atoms with Gasteiger partial charge >= 0.3 is 12.6 Å². The molecule has 4 amide bonds. The Morgan fingerprint density at radius 2 is 1.96 bits per heavy atom. The van der Waals surface area contributed by atoms with Crippen LogP contribution in [0.4, 0.5) is 19.3 Å². The zero-order valence-corrected chi connectivity index (χ0v) is 14.7. The molecule has 0 unspecified atom stereocenters. The summed E-state index contributed by atoms with van der Waals surface area (Å²) in [7, 11) is 0. The van der Waals surface area contributed by atoms with Crippen LogP contribution in [0.1, 0.15) is 38.5 Å². The van der Waals surface area contributed by atoms with E-state index in [1.165, 1.54) is 18.2 Å². The van der Waals surface area contributed by atoms with Crippen molar-refractivity contribution >= 4 is 23.5 Å². The second-order valence-electron chi connectivity index (χ2n) is 6.70. The SMILES string of the molecule is O=C(CCCN1C(=O)NC2(CCCC2)C1=O)Nc1ccccc1OC(F)F. The summed E-state index contributed by atoms with van der Waals surface area (Å²) in [6.45, 7) is -2.86. The minimum Gasteiger partial charge on any atom is -0.433 e. The number of rotatable bonds is 7. The molecule has 1 aliphatic heterocycles. The zero-order valence-electron chi connectivity index (χ0n) is 14.7. The van der Waals surface area contributed by atoms with Crippen LogP contribution in [-0.4, -0.2) is 41.4 Å². The fourth-order valence-electron chi connectivity index (χ4n) is 3.58. The Labute approximate surface area is 155 Å². The number of carbonyl (C=O) groups excluding carboxylic acids is 3. The number of ether oxygens (including phenoxy) is 1. The lowest BCUT2D eigenvalue weighted by Gasteiger charge is -2.20. The van der Waals surface area contributed by atoms with Gasteiger partial charge in [0.05, 0.1) is 5.69 Å². The highest BCUT2D eigenvalue weighted by Gasteiger charge is 2.51. The van der Waals surface area contributed by atoms with Crippen LogP contribution in [0.2, 0.25) is 0 Å². The predicted molar refractivity (Wildman–Crippen MR) is 92.4 cm³/mol. The fraction of sp³-hybridized carbons (Fsp3) is 0.500. The number of benzene rings is 1. The number of anilines is 1. The smallest absolute Gasteiger partial charge is 0.387 e. The van der Waals surface area contributed by atoms with E-state index >= 15 is 0 Å². The highest BCUT2D eigenvalue weighted by Crippen LogP contribution is 2.35. The second kappa shape index (κ2) is 7.89. The first-order chi connectivity index (χ1) is 12.9. The monoisotopic (exact) mass is 381 g/mol.